The van der Waals surface area contributed by atoms with Gasteiger partial charge in [-0.15, -0.1) is 10.2 Å². The van der Waals surface area contributed by atoms with Gasteiger partial charge < -0.3 is 15.0 Å². The number of esters is 1. The van der Waals surface area contributed by atoms with E-state index in [0.29, 0.717) is 25.2 Å². The first-order chi connectivity index (χ1) is 18.4. The van der Waals surface area contributed by atoms with Gasteiger partial charge in [-0.25, -0.2) is 4.79 Å². The molecule has 2 aromatic rings. The summed E-state index contributed by atoms with van der Waals surface area (Å²) in [5.41, 5.74) is -0.230. The standard InChI is InChI=1S/C28H36N6O4/c1-3-38-27(37)28-17-21(28)15-11-6-4-5-8-12-19(2)26(36)33-18-22(16-23(33)25(35)29-28)34-31-24(30-32-34)20-13-9-7-10-14-20/h7,9-11,13-15,19,21-23H,3-6,8,12,16-18H2,1-2H3,(H,29,35)/b15-11-/t19-,21+,22+,23-,28+/m0/s1. The first-order valence-electron chi connectivity index (χ1n) is 13.7. The maximum atomic E-state index is 13.7. The van der Waals surface area contributed by atoms with Gasteiger partial charge in [0.15, 0.2) is 0 Å². The Kier molecular flexibility index (Phi) is 7.58. The third-order valence-electron chi connectivity index (χ3n) is 7.95. The fraction of sp³-hybridized carbons (Fsp3) is 0.571. The molecular formula is C28H36N6O4. The fourth-order valence-corrected chi connectivity index (χ4v) is 5.63. The number of carbonyl (C=O) groups is 3. The molecule has 1 aromatic heterocycles. The molecule has 202 valence electrons. The second-order valence-electron chi connectivity index (χ2n) is 10.7. The monoisotopic (exact) mass is 520 g/mol. The van der Waals surface area contributed by atoms with E-state index in [1.54, 1.807) is 11.8 Å². The Labute approximate surface area is 222 Å². The number of ether oxygens (including phenoxy) is 1. The van der Waals surface area contributed by atoms with Gasteiger partial charge in [0.25, 0.3) is 0 Å². The van der Waals surface area contributed by atoms with E-state index in [1.165, 1.54) is 4.80 Å². The van der Waals surface area contributed by atoms with Gasteiger partial charge in [0.05, 0.1) is 12.6 Å². The predicted octanol–water partition coefficient (Wildman–Crippen LogP) is 3.08. The van der Waals surface area contributed by atoms with Crippen molar-refractivity contribution in [3.8, 4) is 11.4 Å². The van der Waals surface area contributed by atoms with Crippen molar-refractivity contribution in [2.45, 2.75) is 76.4 Å². The van der Waals surface area contributed by atoms with Gasteiger partial charge in [0, 0.05) is 30.4 Å². The minimum Gasteiger partial charge on any atom is -0.464 e. The summed E-state index contributed by atoms with van der Waals surface area (Å²) in [5, 5.41) is 16.0. The van der Waals surface area contributed by atoms with Crippen LogP contribution in [0.25, 0.3) is 11.4 Å². The molecule has 0 unspecified atom stereocenters. The molecule has 3 heterocycles. The molecule has 2 amide bonds. The van der Waals surface area contributed by atoms with Gasteiger partial charge in [-0.2, -0.15) is 4.80 Å². The highest BCUT2D eigenvalue weighted by Gasteiger charge is 2.62. The first kappa shape index (κ1) is 26.1. The summed E-state index contributed by atoms with van der Waals surface area (Å²) < 4.78 is 5.35. The molecule has 1 saturated heterocycles. The number of hydrogen-bond donors (Lipinski definition) is 1. The van der Waals surface area contributed by atoms with E-state index in [-0.39, 0.29) is 36.3 Å². The number of fused-ring (bicyclic) bond motifs is 2. The van der Waals surface area contributed by atoms with Crippen LogP contribution in [0.2, 0.25) is 0 Å². The zero-order valence-electron chi connectivity index (χ0n) is 22.1. The predicted molar refractivity (Wildman–Crippen MR) is 139 cm³/mol. The van der Waals surface area contributed by atoms with E-state index in [0.717, 1.165) is 37.7 Å². The number of rotatable bonds is 4. The normalized spacial score (nSPS) is 30.8. The molecule has 5 rings (SSSR count). The van der Waals surface area contributed by atoms with Crippen LogP contribution < -0.4 is 5.32 Å². The van der Waals surface area contributed by atoms with Crippen LogP contribution in [0.15, 0.2) is 42.5 Å². The number of nitrogens with one attached hydrogen (secondary N) is 1. The average Bonchev–Trinajstić information content (AvgIpc) is 3.25. The highest BCUT2D eigenvalue weighted by Crippen LogP contribution is 2.46. The van der Waals surface area contributed by atoms with Gasteiger partial charge in [-0.3, -0.25) is 9.59 Å². The van der Waals surface area contributed by atoms with Crippen molar-refractivity contribution >= 4 is 17.8 Å². The number of carbonyl (C=O) groups excluding carboxylic acids is 3. The van der Waals surface area contributed by atoms with E-state index in [4.69, 9.17) is 4.74 Å². The number of tetrazole rings is 1. The lowest BCUT2D eigenvalue weighted by atomic mass is 10.0. The molecule has 1 saturated carbocycles. The van der Waals surface area contributed by atoms with Gasteiger partial charge >= 0.3 is 5.97 Å². The molecule has 0 spiro atoms. The van der Waals surface area contributed by atoms with Gasteiger partial charge in [0.2, 0.25) is 17.6 Å². The first-order valence-corrected chi connectivity index (χ1v) is 13.7. The zero-order chi connectivity index (χ0) is 26.7. The van der Waals surface area contributed by atoms with Crippen LogP contribution in [-0.4, -0.2) is 67.6 Å². The van der Waals surface area contributed by atoms with Crippen LogP contribution >= 0.6 is 0 Å². The van der Waals surface area contributed by atoms with Gasteiger partial charge in [0.1, 0.15) is 11.6 Å². The maximum absolute atomic E-state index is 13.7. The highest BCUT2D eigenvalue weighted by atomic mass is 16.5. The fourth-order valence-electron chi connectivity index (χ4n) is 5.63. The number of hydrogen-bond acceptors (Lipinski definition) is 7. The number of benzene rings is 1. The van der Waals surface area contributed by atoms with Crippen molar-refractivity contribution in [1.29, 1.82) is 0 Å². The summed E-state index contributed by atoms with van der Waals surface area (Å²) in [5.74, 6) is -0.634. The lowest BCUT2D eigenvalue weighted by Gasteiger charge is -2.28. The Hall–Kier alpha value is -3.56. The third kappa shape index (κ3) is 5.21. The van der Waals surface area contributed by atoms with E-state index >= 15 is 0 Å². The topological polar surface area (TPSA) is 119 Å². The number of amides is 2. The lowest BCUT2D eigenvalue weighted by molar-refractivity contribution is -0.150. The molecule has 1 N–H and O–H groups in total. The van der Waals surface area contributed by atoms with Gasteiger partial charge in [-0.05, 0) is 37.8 Å². The smallest absolute Gasteiger partial charge is 0.332 e. The summed E-state index contributed by atoms with van der Waals surface area (Å²) >= 11 is 0. The van der Waals surface area contributed by atoms with Crippen molar-refractivity contribution in [2.24, 2.45) is 11.8 Å². The average molecular weight is 521 g/mol. The molecule has 38 heavy (non-hydrogen) atoms. The Morgan fingerprint density at radius 2 is 2.00 bits per heavy atom. The quantitative estimate of drug-likeness (QED) is 0.486. The maximum Gasteiger partial charge on any atom is 0.332 e. The highest BCUT2D eigenvalue weighted by molar-refractivity contribution is 5.95. The summed E-state index contributed by atoms with van der Waals surface area (Å²) in [7, 11) is 0. The number of aromatic nitrogens is 4. The van der Waals surface area contributed by atoms with E-state index < -0.39 is 17.6 Å². The minimum absolute atomic E-state index is 0.0541. The van der Waals surface area contributed by atoms with Gasteiger partial charge in [-0.1, -0.05) is 62.2 Å². The van der Waals surface area contributed by atoms with E-state index in [9.17, 15) is 14.4 Å². The van der Waals surface area contributed by atoms with Crippen LogP contribution in [0.1, 0.15) is 64.8 Å². The van der Waals surface area contributed by atoms with Crippen LogP contribution in [0.4, 0.5) is 0 Å². The Bertz CT molecular complexity index is 1200. The van der Waals surface area contributed by atoms with Crippen LogP contribution in [0, 0.1) is 11.8 Å². The third-order valence-corrected chi connectivity index (χ3v) is 7.95. The Morgan fingerprint density at radius 1 is 1.18 bits per heavy atom. The summed E-state index contributed by atoms with van der Waals surface area (Å²) in [6.07, 6.45) is 9.67. The van der Waals surface area contributed by atoms with Crippen LogP contribution in [-0.2, 0) is 19.1 Å². The van der Waals surface area contributed by atoms with Crippen molar-refractivity contribution < 1.29 is 19.1 Å². The number of allylic oxidation sites excluding steroid dienone is 1. The van der Waals surface area contributed by atoms with Crippen LogP contribution in [0.3, 0.4) is 0 Å². The molecule has 5 atom stereocenters. The summed E-state index contributed by atoms with van der Waals surface area (Å²) in [6.45, 7) is 4.24. The molecule has 0 radical (unpaired) electrons. The molecule has 2 fully saturated rings. The molecule has 3 aliphatic rings. The zero-order valence-corrected chi connectivity index (χ0v) is 22.1. The second-order valence-corrected chi connectivity index (χ2v) is 10.7. The lowest BCUT2D eigenvalue weighted by Crippen LogP contribution is -2.54. The molecular weight excluding hydrogens is 484 g/mol. The molecule has 10 heteroatoms. The van der Waals surface area contributed by atoms with E-state index in [2.05, 4.69) is 26.8 Å². The summed E-state index contributed by atoms with van der Waals surface area (Å²) in [4.78, 5) is 43.5. The SMILES string of the molecule is CCOC(=O)[C@@]12C[C@H]1/C=C\CCCCC[C@H](C)C(=O)N1C[C@H](n3nnc(-c4ccccc4)n3)C[C@H]1C(=O)N2. The second kappa shape index (κ2) is 11.0. The summed E-state index contributed by atoms with van der Waals surface area (Å²) in [6, 6.07) is 8.52. The molecule has 1 aliphatic carbocycles. The largest absolute Gasteiger partial charge is 0.464 e. The van der Waals surface area contributed by atoms with Crippen molar-refractivity contribution in [3.05, 3.63) is 42.5 Å². The molecule has 0 bridgehead atoms. The minimum atomic E-state index is -1.08. The Morgan fingerprint density at radius 3 is 2.79 bits per heavy atom. The van der Waals surface area contributed by atoms with Crippen molar-refractivity contribution in [2.75, 3.05) is 13.2 Å². The number of nitrogens with zero attached hydrogens (tertiary/aromatic N) is 5. The molecule has 2 aliphatic heterocycles. The van der Waals surface area contributed by atoms with Crippen molar-refractivity contribution in [3.63, 3.8) is 0 Å². The van der Waals surface area contributed by atoms with Crippen LogP contribution in [0.5, 0.6) is 0 Å². The van der Waals surface area contributed by atoms with E-state index in [1.807, 2.05) is 43.3 Å². The molecule has 1 aromatic carbocycles. The molecule has 10 nitrogen and oxygen atoms in total. The Balaban J connectivity index is 1.41. The van der Waals surface area contributed by atoms with Crippen molar-refractivity contribution in [1.82, 2.24) is 30.4 Å².